The molecular weight excluding hydrogens is 881 g/mol. The lowest BCUT2D eigenvalue weighted by atomic mass is 9.54. The molecule has 0 spiro atoms. The summed E-state index contributed by atoms with van der Waals surface area (Å²) in [4.78, 5) is 28.3. The van der Waals surface area contributed by atoms with Gasteiger partial charge in [-0.2, -0.15) is 0 Å². The van der Waals surface area contributed by atoms with Crippen LogP contribution >= 0.6 is 0 Å². The number of hydrogen-bond donors (Lipinski definition) is 2. The van der Waals surface area contributed by atoms with Crippen LogP contribution in [0.15, 0.2) is 0 Å². The van der Waals surface area contributed by atoms with Crippen molar-refractivity contribution in [2.45, 2.75) is 413 Å². The van der Waals surface area contributed by atoms with Gasteiger partial charge in [-0.25, -0.2) is 0 Å². The summed E-state index contributed by atoms with van der Waals surface area (Å²) in [7, 11) is 0. The number of aliphatic carboxylic acids is 2. The van der Waals surface area contributed by atoms with Gasteiger partial charge in [0.05, 0.1) is 10.8 Å². The van der Waals surface area contributed by atoms with Gasteiger partial charge in [-0.3, -0.25) is 9.59 Å². The zero-order chi connectivity index (χ0) is 52.6. The molecule has 0 aliphatic rings. The van der Waals surface area contributed by atoms with E-state index in [0.717, 1.165) is 77.0 Å². The molecular formula is C68H134O4. The zero-order valence-corrected chi connectivity index (χ0v) is 50.1. The Morgan fingerprint density at radius 1 is 0.194 bits per heavy atom. The highest BCUT2D eigenvalue weighted by atomic mass is 16.4. The van der Waals surface area contributed by atoms with Gasteiger partial charge in [0.25, 0.3) is 0 Å². The smallest absolute Gasteiger partial charge is 0.310 e. The summed E-state index contributed by atoms with van der Waals surface area (Å²) in [5.74, 6) is -1.60. The molecule has 430 valence electrons. The first-order valence-corrected chi connectivity index (χ1v) is 33.8. The maximum absolute atomic E-state index is 14.1. The van der Waals surface area contributed by atoms with E-state index in [1.807, 2.05) is 0 Å². The van der Waals surface area contributed by atoms with Crippen LogP contribution in [0.5, 0.6) is 0 Å². The van der Waals surface area contributed by atoms with Crippen molar-refractivity contribution >= 4 is 11.9 Å². The normalized spacial score (nSPS) is 12.1. The highest BCUT2D eigenvalue weighted by Crippen LogP contribution is 2.54. The van der Waals surface area contributed by atoms with E-state index in [1.165, 1.54) is 283 Å². The topological polar surface area (TPSA) is 74.6 Å². The maximum Gasteiger partial charge on any atom is 0.310 e. The Balaban J connectivity index is 5.70. The van der Waals surface area contributed by atoms with Crippen molar-refractivity contribution in [1.82, 2.24) is 0 Å². The minimum absolute atomic E-state index is 0.530. The summed E-state index contributed by atoms with van der Waals surface area (Å²) < 4.78 is 0. The van der Waals surface area contributed by atoms with Crippen molar-refractivity contribution in [2.75, 3.05) is 0 Å². The number of carboxylic acid groups (broad SMARTS) is 2. The summed E-state index contributed by atoms with van der Waals surface area (Å²) in [5.41, 5.74) is -2.39. The lowest BCUT2D eigenvalue weighted by Gasteiger charge is -2.46. The molecule has 0 amide bonds. The lowest BCUT2D eigenvalue weighted by Crippen LogP contribution is -2.53. The minimum atomic E-state index is -1.19. The highest BCUT2D eigenvalue weighted by molar-refractivity contribution is 5.86. The molecule has 0 saturated carbocycles. The van der Waals surface area contributed by atoms with Crippen LogP contribution in [0.25, 0.3) is 0 Å². The Kier molecular flexibility index (Phi) is 55.3. The van der Waals surface area contributed by atoms with Crippen molar-refractivity contribution in [1.29, 1.82) is 0 Å². The van der Waals surface area contributed by atoms with Crippen LogP contribution < -0.4 is 0 Å². The van der Waals surface area contributed by atoms with Crippen LogP contribution in [0.3, 0.4) is 0 Å². The average Bonchev–Trinajstić information content (AvgIpc) is 3.37. The van der Waals surface area contributed by atoms with E-state index in [4.69, 9.17) is 0 Å². The predicted octanol–water partition coefficient (Wildman–Crippen LogP) is 24.6. The molecule has 0 unspecified atom stereocenters. The first kappa shape index (κ1) is 70.9. The fraction of sp³-hybridized carbons (Fsp3) is 0.971. The third kappa shape index (κ3) is 41.1. The van der Waals surface area contributed by atoms with Gasteiger partial charge < -0.3 is 10.2 Å². The Bertz CT molecular complexity index is 936. The second-order valence-corrected chi connectivity index (χ2v) is 24.2. The minimum Gasteiger partial charge on any atom is -0.481 e. The van der Waals surface area contributed by atoms with Gasteiger partial charge in [0.15, 0.2) is 0 Å². The van der Waals surface area contributed by atoms with Gasteiger partial charge in [-0.1, -0.05) is 387 Å². The summed E-state index contributed by atoms with van der Waals surface area (Å²) in [5, 5.41) is 23.2. The number of rotatable bonds is 63. The number of hydrogen-bond acceptors (Lipinski definition) is 2. The summed E-state index contributed by atoms with van der Waals surface area (Å²) in [6, 6.07) is 0. The molecule has 0 aliphatic carbocycles. The molecule has 0 aromatic heterocycles. The lowest BCUT2D eigenvalue weighted by molar-refractivity contribution is -0.179. The fourth-order valence-corrected chi connectivity index (χ4v) is 12.5. The van der Waals surface area contributed by atoms with E-state index in [2.05, 4.69) is 27.7 Å². The van der Waals surface area contributed by atoms with Gasteiger partial charge in [0, 0.05) is 0 Å². The Morgan fingerprint density at radius 2 is 0.292 bits per heavy atom. The fourth-order valence-electron chi connectivity index (χ4n) is 12.5. The van der Waals surface area contributed by atoms with Gasteiger partial charge in [-0.15, -0.1) is 0 Å². The first-order chi connectivity index (χ1) is 35.4. The molecule has 0 aromatic rings. The van der Waals surface area contributed by atoms with Gasteiger partial charge >= 0.3 is 11.9 Å². The Morgan fingerprint density at radius 3 is 0.389 bits per heavy atom. The Labute approximate surface area is 453 Å². The van der Waals surface area contributed by atoms with Gasteiger partial charge in [0.1, 0.15) is 0 Å². The molecule has 2 N–H and O–H groups in total. The molecule has 0 saturated heterocycles. The maximum atomic E-state index is 14.1. The van der Waals surface area contributed by atoms with E-state index in [1.54, 1.807) is 0 Å². The van der Waals surface area contributed by atoms with Crippen molar-refractivity contribution < 1.29 is 19.8 Å². The van der Waals surface area contributed by atoms with Crippen molar-refractivity contribution in [3.05, 3.63) is 0 Å². The standard InChI is InChI=1S/C68H134O4/c1-5-9-13-17-21-25-29-33-37-41-45-49-53-57-61-67(65(69)70,62-58-54-50-46-42-38-34-30-26-22-18-14-10-6-2)68(66(71)72,63-59-55-51-47-43-39-35-31-27-23-19-15-11-7-3)64-60-56-52-48-44-40-36-32-28-24-20-16-12-8-4/h5-64H2,1-4H3,(H,69,70)(H,71,72). The average molecular weight is 1020 g/mol. The predicted molar refractivity (Wildman–Crippen MR) is 320 cm³/mol. The summed E-state index contributed by atoms with van der Waals surface area (Å²) in [6.07, 6.45) is 73.2. The molecule has 0 heterocycles. The van der Waals surface area contributed by atoms with Crippen LogP contribution in [0.2, 0.25) is 0 Å². The van der Waals surface area contributed by atoms with E-state index >= 15 is 0 Å². The van der Waals surface area contributed by atoms with E-state index in [0.29, 0.717) is 25.7 Å². The van der Waals surface area contributed by atoms with Crippen LogP contribution in [-0.4, -0.2) is 22.2 Å². The SMILES string of the molecule is CCCCCCCCCCCCCCCCC(CCCCCCCCCCCCCCCC)(C(=O)O)C(CCCCCCCCCCCCCCCC)(CCCCCCCCCCCCCCCC)C(=O)O. The largest absolute Gasteiger partial charge is 0.481 e. The Hall–Kier alpha value is -1.06. The van der Waals surface area contributed by atoms with Crippen LogP contribution in [0.1, 0.15) is 413 Å². The van der Waals surface area contributed by atoms with Crippen molar-refractivity contribution in [2.24, 2.45) is 10.8 Å². The number of carboxylic acids is 2. The molecule has 0 aliphatic heterocycles. The van der Waals surface area contributed by atoms with Crippen LogP contribution in [0.4, 0.5) is 0 Å². The molecule has 0 rings (SSSR count). The molecule has 4 nitrogen and oxygen atoms in total. The monoisotopic (exact) mass is 1020 g/mol. The molecule has 0 fully saturated rings. The third-order valence-corrected chi connectivity index (χ3v) is 17.6. The number of carbonyl (C=O) groups is 2. The first-order valence-electron chi connectivity index (χ1n) is 33.8. The summed E-state index contributed by atoms with van der Waals surface area (Å²) in [6.45, 7) is 9.16. The molecule has 0 bridgehead atoms. The summed E-state index contributed by atoms with van der Waals surface area (Å²) >= 11 is 0. The van der Waals surface area contributed by atoms with Crippen molar-refractivity contribution in [3.63, 3.8) is 0 Å². The number of unbranched alkanes of at least 4 members (excludes halogenated alkanes) is 52. The van der Waals surface area contributed by atoms with Gasteiger partial charge in [-0.05, 0) is 25.7 Å². The van der Waals surface area contributed by atoms with Gasteiger partial charge in [0.2, 0.25) is 0 Å². The quantitative estimate of drug-likeness (QED) is 0.0596. The van der Waals surface area contributed by atoms with E-state index < -0.39 is 22.8 Å². The molecule has 4 heteroatoms. The van der Waals surface area contributed by atoms with Crippen LogP contribution in [-0.2, 0) is 9.59 Å². The van der Waals surface area contributed by atoms with E-state index in [9.17, 15) is 19.8 Å². The zero-order valence-electron chi connectivity index (χ0n) is 50.1. The van der Waals surface area contributed by atoms with Crippen LogP contribution in [0, 0.1) is 10.8 Å². The molecule has 72 heavy (non-hydrogen) atoms. The molecule has 0 aromatic carbocycles. The third-order valence-electron chi connectivity index (χ3n) is 17.6. The molecule has 0 radical (unpaired) electrons. The molecule has 0 atom stereocenters. The second-order valence-electron chi connectivity index (χ2n) is 24.2. The van der Waals surface area contributed by atoms with Crippen molar-refractivity contribution in [3.8, 4) is 0 Å². The second kappa shape index (κ2) is 56.2. The van der Waals surface area contributed by atoms with E-state index in [-0.39, 0.29) is 0 Å². The highest BCUT2D eigenvalue weighted by Gasteiger charge is 2.59.